The van der Waals surface area contributed by atoms with Gasteiger partial charge < -0.3 is 16.2 Å². The van der Waals surface area contributed by atoms with E-state index in [1.54, 1.807) is 26.0 Å². The Bertz CT molecular complexity index is 499. The van der Waals surface area contributed by atoms with Crippen LogP contribution in [-0.2, 0) is 11.3 Å². The second kappa shape index (κ2) is 5.63. The molecule has 5 nitrogen and oxygen atoms in total. The van der Waals surface area contributed by atoms with Gasteiger partial charge >= 0.3 is 5.97 Å². The van der Waals surface area contributed by atoms with Crippen molar-refractivity contribution in [2.75, 3.05) is 0 Å². The van der Waals surface area contributed by atoms with E-state index >= 15 is 0 Å². The standard InChI is InChI=1S/C15H22N2O3/c1-14(2,15(3,4)16)13(20)17-9-10-5-7-11(8-6-10)12(18)19/h5-8H,9,16H2,1-4H3,(H,17,20)(H,18,19). The second-order valence-corrected chi connectivity index (χ2v) is 6.03. The first kappa shape index (κ1) is 16.2. The van der Waals surface area contributed by atoms with Gasteiger partial charge in [0.05, 0.1) is 11.0 Å². The first-order valence-electron chi connectivity index (χ1n) is 6.45. The van der Waals surface area contributed by atoms with Crippen LogP contribution >= 0.6 is 0 Å². The number of benzene rings is 1. The molecule has 20 heavy (non-hydrogen) atoms. The Morgan fingerprint density at radius 3 is 2.05 bits per heavy atom. The van der Waals surface area contributed by atoms with Gasteiger partial charge in [-0.1, -0.05) is 12.1 Å². The maximum atomic E-state index is 12.2. The summed E-state index contributed by atoms with van der Waals surface area (Å²) in [6.45, 7) is 7.58. The van der Waals surface area contributed by atoms with Gasteiger partial charge in [0.1, 0.15) is 0 Å². The number of amides is 1. The number of carboxylic acid groups (broad SMARTS) is 1. The third kappa shape index (κ3) is 3.57. The van der Waals surface area contributed by atoms with Crippen molar-refractivity contribution in [1.82, 2.24) is 5.32 Å². The lowest BCUT2D eigenvalue weighted by molar-refractivity contribution is -0.132. The number of nitrogens with two attached hydrogens (primary N) is 1. The first-order chi connectivity index (χ1) is 9.05. The van der Waals surface area contributed by atoms with Crippen LogP contribution in [0.5, 0.6) is 0 Å². The highest BCUT2D eigenvalue weighted by atomic mass is 16.4. The van der Waals surface area contributed by atoms with E-state index in [4.69, 9.17) is 10.8 Å². The van der Waals surface area contributed by atoms with E-state index in [2.05, 4.69) is 5.32 Å². The van der Waals surface area contributed by atoms with Crippen LogP contribution in [0, 0.1) is 5.41 Å². The van der Waals surface area contributed by atoms with Crippen molar-refractivity contribution in [2.24, 2.45) is 11.1 Å². The van der Waals surface area contributed by atoms with Crippen molar-refractivity contribution in [3.8, 4) is 0 Å². The fourth-order valence-electron chi connectivity index (χ4n) is 1.46. The van der Waals surface area contributed by atoms with Crippen LogP contribution in [0.1, 0.15) is 43.6 Å². The Kier molecular flexibility index (Phi) is 4.55. The number of nitrogens with one attached hydrogen (secondary N) is 1. The summed E-state index contributed by atoms with van der Waals surface area (Å²) in [5, 5.41) is 11.6. The number of hydrogen-bond acceptors (Lipinski definition) is 3. The van der Waals surface area contributed by atoms with Crippen LogP contribution in [0.3, 0.4) is 0 Å². The van der Waals surface area contributed by atoms with Crippen LogP contribution in [0.2, 0.25) is 0 Å². The van der Waals surface area contributed by atoms with E-state index in [-0.39, 0.29) is 11.5 Å². The van der Waals surface area contributed by atoms with Gasteiger partial charge in [0, 0.05) is 12.1 Å². The molecule has 5 heteroatoms. The largest absolute Gasteiger partial charge is 0.478 e. The Morgan fingerprint density at radius 2 is 1.65 bits per heavy atom. The average molecular weight is 278 g/mol. The summed E-state index contributed by atoms with van der Waals surface area (Å²) in [6, 6.07) is 6.40. The van der Waals surface area contributed by atoms with Crippen molar-refractivity contribution in [1.29, 1.82) is 0 Å². The van der Waals surface area contributed by atoms with Gasteiger partial charge in [-0.2, -0.15) is 0 Å². The number of rotatable bonds is 5. The Labute approximate surface area is 119 Å². The molecule has 0 bridgehead atoms. The number of carboxylic acids is 1. The van der Waals surface area contributed by atoms with Crippen LogP contribution in [0.25, 0.3) is 0 Å². The molecular weight excluding hydrogens is 256 g/mol. The van der Waals surface area contributed by atoms with Gasteiger partial charge in [-0.05, 0) is 45.4 Å². The molecule has 0 saturated heterocycles. The zero-order chi connectivity index (χ0) is 15.6. The van der Waals surface area contributed by atoms with Crippen LogP contribution in [0.4, 0.5) is 0 Å². The highest BCUT2D eigenvalue weighted by molar-refractivity contribution is 5.87. The predicted octanol–water partition coefficient (Wildman–Crippen LogP) is 1.76. The molecule has 0 aromatic heterocycles. The molecule has 0 unspecified atom stereocenters. The molecule has 1 aromatic carbocycles. The minimum absolute atomic E-state index is 0.132. The zero-order valence-electron chi connectivity index (χ0n) is 12.4. The SMILES string of the molecule is CC(C)(N)C(C)(C)C(=O)NCc1ccc(C(=O)O)cc1. The summed E-state index contributed by atoms with van der Waals surface area (Å²) in [5.41, 5.74) is 5.74. The average Bonchev–Trinajstić information content (AvgIpc) is 2.34. The van der Waals surface area contributed by atoms with Crippen LogP contribution in [0.15, 0.2) is 24.3 Å². The Hall–Kier alpha value is -1.88. The maximum absolute atomic E-state index is 12.2. The van der Waals surface area contributed by atoms with Gasteiger partial charge in [0.25, 0.3) is 0 Å². The topological polar surface area (TPSA) is 92.4 Å². The van der Waals surface area contributed by atoms with Crippen LogP contribution in [-0.4, -0.2) is 22.5 Å². The first-order valence-corrected chi connectivity index (χ1v) is 6.45. The molecule has 0 fully saturated rings. The molecule has 4 N–H and O–H groups in total. The summed E-state index contributed by atoms with van der Waals surface area (Å²) in [6.07, 6.45) is 0. The monoisotopic (exact) mass is 278 g/mol. The van der Waals surface area contributed by atoms with Gasteiger partial charge in [-0.25, -0.2) is 4.79 Å². The Morgan fingerprint density at radius 1 is 1.15 bits per heavy atom. The van der Waals surface area contributed by atoms with E-state index in [0.717, 1.165) is 5.56 Å². The van der Waals surface area contributed by atoms with Gasteiger partial charge in [-0.15, -0.1) is 0 Å². The third-order valence-electron chi connectivity index (χ3n) is 3.83. The van der Waals surface area contributed by atoms with E-state index in [1.165, 1.54) is 12.1 Å². The van der Waals surface area contributed by atoms with Gasteiger partial charge in [0.15, 0.2) is 0 Å². The van der Waals surface area contributed by atoms with Crippen molar-refractivity contribution in [2.45, 2.75) is 39.8 Å². The third-order valence-corrected chi connectivity index (χ3v) is 3.83. The second-order valence-electron chi connectivity index (χ2n) is 6.03. The molecule has 0 aliphatic carbocycles. The van der Waals surface area contributed by atoms with E-state index in [1.807, 2.05) is 13.8 Å². The number of carbonyl (C=O) groups is 2. The van der Waals surface area contributed by atoms with Crippen LogP contribution < -0.4 is 11.1 Å². The van der Waals surface area contributed by atoms with Crippen molar-refractivity contribution in [3.63, 3.8) is 0 Å². The fourth-order valence-corrected chi connectivity index (χ4v) is 1.46. The van der Waals surface area contributed by atoms with Crippen molar-refractivity contribution < 1.29 is 14.7 Å². The molecule has 0 atom stereocenters. The molecule has 1 amide bonds. The molecule has 1 aromatic rings. The lowest BCUT2D eigenvalue weighted by Gasteiger charge is -2.36. The predicted molar refractivity (Wildman–Crippen MR) is 77.3 cm³/mol. The van der Waals surface area contributed by atoms with Gasteiger partial charge in [0.2, 0.25) is 5.91 Å². The molecule has 0 aliphatic rings. The number of hydrogen-bond donors (Lipinski definition) is 3. The number of carbonyl (C=O) groups excluding carboxylic acids is 1. The summed E-state index contributed by atoms with van der Waals surface area (Å²) >= 11 is 0. The molecule has 0 saturated carbocycles. The molecule has 0 aliphatic heterocycles. The zero-order valence-corrected chi connectivity index (χ0v) is 12.4. The minimum atomic E-state index is -0.966. The number of aromatic carboxylic acids is 1. The lowest BCUT2D eigenvalue weighted by Crippen LogP contribution is -2.55. The maximum Gasteiger partial charge on any atom is 0.335 e. The molecule has 1 rings (SSSR count). The summed E-state index contributed by atoms with van der Waals surface area (Å²) < 4.78 is 0. The van der Waals surface area contributed by atoms with E-state index in [9.17, 15) is 9.59 Å². The highest BCUT2D eigenvalue weighted by Gasteiger charge is 2.40. The van der Waals surface area contributed by atoms with E-state index < -0.39 is 16.9 Å². The van der Waals surface area contributed by atoms with Crippen molar-refractivity contribution in [3.05, 3.63) is 35.4 Å². The van der Waals surface area contributed by atoms with Gasteiger partial charge in [-0.3, -0.25) is 4.79 Å². The highest BCUT2D eigenvalue weighted by Crippen LogP contribution is 2.28. The van der Waals surface area contributed by atoms with E-state index in [0.29, 0.717) is 6.54 Å². The van der Waals surface area contributed by atoms with Crippen molar-refractivity contribution >= 4 is 11.9 Å². The molecule has 110 valence electrons. The molecule has 0 heterocycles. The molecular formula is C15H22N2O3. The molecule has 0 radical (unpaired) electrons. The Balaban J connectivity index is 2.68. The summed E-state index contributed by atoms with van der Waals surface area (Å²) in [7, 11) is 0. The normalized spacial score (nSPS) is 12.1. The minimum Gasteiger partial charge on any atom is -0.478 e. The summed E-state index contributed by atoms with van der Waals surface area (Å²) in [4.78, 5) is 22.9. The summed E-state index contributed by atoms with van der Waals surface area (Å²) in [5.74, 6) is -1.10. The smallest absolute Gasteiger partial charge is 0.335 e. The quantitative estimate of drug-likeness (QED) is 0.765. The molecule has 0 spiro atoms. The lowest BCUT2D eigenvalue weighted by atomic mass is 9.74. The fraction of sp³-hybridized carbons (Fsp3) is 0.467.